The summed E-state index contributed by atoms with van der Waals surface area (Å²) in [4.78, 5) is 2.36. The molecule has 0 aliphatic carbocycles. The van der Waals surface area contributed by atoms with Crippen LogP contribution in [-0.4, -0.2) is 45.4 Å². The molecule has 148 valence electrons. The molecular formula is C22H25NO5. The lowest BCUT2D eigenvalue weighted by Crippen LogP contribution is -2.39. The summed E-state index contributed by atoms with van der Waals surface area (Å²) in [5.74, 6) is 0.524. The fraction of sp³-hybridized carbons (Fsp3) is 0.364. The predicted molar refractivity (Wildman–Crippen MR) is 108 cm³/mol. The Morgan fingerprint density at radius 1 is 1.11 bits per heavy atom. The normalized spacial score (nSPS) is 21.4. The molecule has 2 atom stereocenters. The van der Waals surface area contributed by atoms with Gasteiger partial charge in [0.05, 0.1) is 19.8 Å². The average molecular weight is 383 g/mol. The van der Waals surface area contributed by atoms with Gasteiger partial charge in [-0.2, -0.15) is 0 Å². The molecule has 1 fully saturated rings. The summed E-state index contributed by atoms with van der Waals surface area (Å²) in [5, 5.41) is 35.0. The Bertz CT molecular complexity index is 1060. The molecule has 5 rings (SSSR count). The fourth-order valence-corrected chi connectivity index (χ4v) is 4.97. The first-order valence-electron chi connectivity index (χ1n) is 9.43. The minimum absolute atomic E-state index is 0. The van der Waals surface area contributed by atoms with E-state index in [1.165, 1.54) is 0 Å². The van der Waals surface area contributed by atoms with E-state index in [9.17, 15) is 15.3 Å². The van der Waals surface area contributed by atoms with Gasteiger partial charge < -0.3 is 25.5 Å². The molecule has 3 aromatic rings. The molecule has 6 nitrogen and oxygen atoms in total. The average Bonchev–Trinajstić information content (AvgIpc) is 3.16. The Morgan fingerprint density at radius 2 is 1.89 bits per heavy atom. The number of aromatic hydroxyl groups is 1. The second-order valence-electron chi connectivity index (χ2n) is 7.62. The number of aliphatic hydroxyl groups is 2. The van der Waals surface area contributed by atoms with E-state index >= 15 is 0 Å². The van der Waals surface area contributed by atoms with Gasteiger partial charge in [0, 0.05) is 12.6 Å². The minimum Gasteiger partial charge on any atom is -0.504 e. The van der Waals surface area contributed by atoms with Crippen molar-refractivity contribution in [1.29, 1.82) is 0 Å². The van der Waals surface area contributed by atoms with Gasteiger partial charge in [-0.15, -0.1) is 0 Å². The number of nitrogens with zero attached hydrogens (tertiary/aromatic N) is 1. The van der Waals surface area contributed by atoms with Crippen molar-refractivity contribution in [3.63, 3.8) is 0 Å². The van der Waals surface area contributed by atoms with Crippen molar-refractivity contribution in [3.05, 3.63) is 47.0 Å². The van der Waals surface area contributed by atoms with Crippen LogP contribution in [0.15, 0.2) is 30.3 Å². The van der Waals surface area contributed by atoms with E-state index < -0.39 is 6.10 Å². The number of aliphatic hydroxyl groups excluding tert-OH is 2. The zero-order chi connectivity index (χ0) is 18.7. The van der Waals surface area contributed by atoms with Crippen molar-refractivity contribution >= 4 is 21.5 Å². The van der Waals surface area contributed by atoms with Gasteiger partial charge in [-0.3, -0.25) is 4.90 Å². The van der Waals surface area contributed by atoms with Crippen LogP contribution in [0.5, 0.6) is 11.5 Å². The summed E-state index contributed by atoms with van der Waals surface area (Å²) in [6.45, 7) is 1.74. The molecule has 0 bridgehead atoms. The molecule has 0 amide bonds. The number of ether oxygens (including phenoxy) is 1. The zero-order valence-electron chi connectivity index (χ0n) is 15.8. The first-order chi connectivity index (χ1) is 13.1. The molecule has 0 aromatic heterocycles. The SMILES string of the molecule is COc1cc2c3c(c4ccc(CO)cc4c2cc1O)[C@H](O)[C@@H]1CCCN1C3.O. The van der Waals surface area contributed by atoms with Gasteiger partial charge in [-0.1, -0.05) is 12.1 Å². The van der Waals surface area contributed by atoms with Gasteiger partial charge >= 0.3 is 0 Å². The largest absolute Gasteiger partial charge is 0.504 e. The molecular weight excluding hydrogens is 358 g/mol. The number of hydrogen-bond acceptors (Lipinski definition) is 5. The number of rotatable bonds is 2. The van der Waals surface area contributed by atoms with Crippen molar-refractivity contribution in [2.24, 2.45) is 0 Å². The molecule has 0 unspecified atom stereocenters. The Balaban J connectivity index is 0.00000192. The van der Waals surface area contributed by atoms with Gasteiger partial charge in [0.25, 0.3) is 0 Å². The van der Waals surface area contributed by atoms with Gasteiger partial charge in [0.15, 0.2) is 11.5 Å². The second-order valence-corrected chi connectivity index (χ2v) is 7.62. The summed E-state index contributed by atoms with van der Waals surface area (Å²) in [6.07, 6.45) is 1.57. The highest BCUT2D eigenvalue weighted by Gasteiger charge is 2.38. The summed E-state index contributed by atoms with van der Waals surface area (Å²) in [7, 11) is 1.55. The van der Waals surface area contributed by atoms with E-state index in [0.29, 0.717) is 5.75 Å². The minimum atomic E-state index is -0.539. The second kappa shape index (κ2) is 6.90. The molecule has 2 aliphatic rings. The Hall–Kier alpha value is -2.38. The summed E-state index contributed by atoms with van der Waals surface area (Å²) in [6, 6.07) is 9.63. The predicted octanol–water partition coefficient (Wildman–Crippen LogP) is 2.39. The van der Waals surface area contributed by atoms with Crippen LogP contribution in [0.4, 0.5) is 0 Å². The molecule has 0 radical (unpaired) electrons. The maximum Gasteiger partial charge on any atom is 0.161 e. The van der Waals surface area contributed by atoms with Gasteiger partial charge in [0.1, 0.15) is 0 Å². The van der Waals surface area contributed by atoms with E-state index in [1.807, 2.05) is 24.3 Å². The van der Waals surface area contributed by atoms with E-state index in [4.69, 9.17) is 4.74 Å². The maximum atomic E-state index is 11.2. The first-order valence-corrected chi connectivity index (χ1v) is 9.43. The lowest BCUT2D eigenvalue weighted by atomic mass is 9.83. The number of hydrogen-bond donors (Lipinski definition) is 3. The summed E-state index contributed by atoms with van der Waals surface area (Å²) >= 11 is 0. The molecule has 0 spiro atoms. The van der Waals surface area contributed by atoms with Crippen molar-refractivity contribution in [2.75, 3.05) is 13.7 Å². The summed E-state index contributed by atoms with van der Waals surface area (Å²) < 4.78 is 5.35. The van der Waals surface area contributed by atoms with Crippen LogP contribution in [0.3, 0.4) is 0 Å². The quantitative estimate of drug-likeness (QED) is 0.590. The number of methoxy groups -OCH3 is 1. The highest BCUT2D eigenvalue weighted by molar-refractivity contribution is 6.12. The topological polar surface area (TPSA) is 105 Å². The Kier molecular flexibility index (Phi) is 4.67. The van der Waals surface area contributed by atoms with E-state index in [1.54, 1.807) is 13.2 Å². The van der Waals surface area contributed by atoms with E-state index in [-0.39, 0.29) is 23.9 Å². The van der Waals surface area contributed by atoms with Crippen LogP contribution in [0.1, 0.15) is 35.6 Å². The Labute approximate surface area is 162 Å². The van der Waals surface area contributed by atoms with Gasteiger partial charge in [0.2, 0.25) is 0 Å². The molecule has 6 heteroatoms. The summed E-state index contributed by atoms with van der Waals surface area (Å²) in [5.41, 5.74) is 2.91. The lowest BCUT2D eigenvalue weighted by molar-refractivity contribution is 0.0552. The number of phenolic OH excluding ortho intramolecular Hbond substituents is 1. The van der Waals surface area contributed by atoms with Crippen molar-refractivity contribution in [2.45, 2.75) is 38.1 Å². The maximum absolute atomic E-state index is 11.2. The highest BCUT2D eigenvalue weighted by Crippen LogP contribution is 2.46. The number of phenols is 1. The molecule has 2 heterocycles. The lowest BCUT2D eigenvalue weighted by Gasteiger charge is -2.37. The molecule has 2 aliphatic heterocycles. The van der Waals surface area contributed by atoms with Crippen LogP contribution in [-0.2, 0) is 13.2 Å². The zero-order valence-corrected chi connectivity index (χ0v) is 15.8. The third-order valence-corrected chi connectivity index (χ3v) is 6.25. The molecule has 3 aromatic carbocycles. The van der Waals surface area contributed by atoms with Crippen molar-refractivity contribution in [1.82, 2.24) is 4.90 Å². The molecule has 5 N–H and O–H groups in total. The third kappa shape index (κ3) is 2.57. The van der Waals surface area contributed by atoms with Crippen molar-refractivity contribution < 1.29 is 25.5 Å². The van der Waals surface area contributed by atoms with E-state index in [0.717, 1.165) is 64.2 Å². The number of benzene rings is 3. The monoisotopic (exact) mass is 383 g/mol. The Morgan fingerprint density at radius 3 is 2.64 bits per heavy atom. The van der Waals surface area contributed by atoms with Gasteiger partial charge in [-0.05, 0) is 75.8 Å². The third-order valence-electron chi connectivity index (χ3n) is 6.25. The van der Waals surface area contributed by atoms with Crippen LogP contribution < -0.4 is 4.74 Å². The highest BCUT2D eigenvalue weighted by atomic mass is 16.5. The van der Waals surface area contributed by atoms with Crippen LogP contribution in [0, 0.1) is 0 Å². The standard InChI is InChI=1S/C22H23NO4.H2O/c1-27-20-9-16-15(8-19(20)25)14-7-12(11-24)4-5-13(14)21-17(16)10-23-6-2-3-18(23)22(21)26;/h4-5,7-9,18,22,24-26H,2-3,6,10-11H2,1H3;1H2/t18-,22+;/m0./s1. The van der Waals surface area contributed by atoms with Crippen LogP contribution >= 0.6 is 0 Å². The molecule has 0 saturated carbocycles. The first kappa shape index (κ1) is 19.0. The van der Waals surface area contributed by atoms with Crippen LogP contribution in [0.25, 0.3) is 21.5 Å². The van der Waals surface area contributed by atoms with Gasteiger partial charge in [-0.25, -0.2) is 0 Å². The number of fused-ring (bicyclic) bond motifs is 7. The van der Waals surface area contributed by atoms with E-state index in [2.05, 4.69) is 4.90 Å². The smallest absolute Gasteiger partial charge is 0.161 e. The molecule has 1 saturated heterocycles. The van der Waals surface area contributed by atoms with Crippen LogP contribution in [0.2, 0.25) is 0 Å². The molecule has 28 heavy (non-hydrogen) atoms. The van der Waals surface area contributed by atoms with Crippen molar-refractivity contribution in [3.8, 4) is 11.5 Å². The fourth-order valence-electron chi connectivity index (χ4n) is 4.97.